The monoisotopic (exact) mass is 310 g/mol. The van der Waals surface area contributed by atoms with Gasteiger partial charge in [0.2, 0.25) is 0 Å². The molecule has 1 aromatic rings. The normalized spacial score (nSPS) is 21.2. The largest absolute Gasteiger partial charge is 0.339 e. The van der Waals surface area contributed by atoms with Crippen LogP contribution < -0.4 is 10.6 Å². The van der Waals surface area contributed by atoms with Crippen LogP contribution in [0, 0.1) is 5.92 Å². The molecule has 2 N–H and O–H groups in total. The van der Waals surface area contributed by atoms with Crippen molar-refractivity contribution in [2.75, 3.05) is 6.54 Å². The van der Waals surface area contributed by atoms with Crippen molar-refractivity contribution in [3.63, 3.8) is 0 Å². The van der Waals surface area contributed by atoms with E-state index < -0.39 is 6.04 Å². The molecule has 0 aliphatic carbocycles. The summed E-state index contributed by atoms with van der Waals surface area (Å²) < 4.78 is 0.887. The van der Waals surface area contributed by atoms with E-state index in [4.69, 9.17) is 0 Å². The van der Waals surface area contributed by atoms with Crippen LogP contribution in [0.5, 0.6) is 0 Å². The molecular weight excluding hydrogens is 296 g/mol. The van der Waals surface area contributed by atoms with Gasteiger partial charge in [0.05, 0.1) is 5.69 Å². The number of carbonyl (C=O) groups excluding carboxylic acids is 1. The zero-order valence-corrected chi connectivity index (χ0v) is 11.9. The van der Waals surface area contributed by atoms with Crippen LogP contribution in [-0.4, -0.2) is 23.4 Å². The molecule has 2 heterocycles. The van der Waals surface area contributed by atoms with E-state index in [9.17, 15) is 4.79 Å². The molecule has 0 saturated carbocycles. The molecule has 1 aliphatic heterocycles. The van der Waals surface area contributed by atoms with E-state index >= 15 is 0 Å². The first-order valence-corrected chi connectivity index (χ1v) is 6.59. The minimum Gasteiger partial charge on any atom is -0.339 e. The molecule has 96 valence electrons. The number of hydrogen-bond acceptors (Lipinski definition) is 3. The van der Waals surface area contributed by atoms with Gasteiger partial charge in [-0.3, -0.25) is 20.1 Å². The highest BCUT2D eigenvalue weighted by molar-refractivity contribution is 9.10. The van der Waals surface area contributed by atoms with E-state index in [2.05, 4.69) is 50.4 Å². The number of aromatic nitrogens is 1. The number of nitrogens with zero attached hydrogens (tertiary/aromatic N) is 2. The fourth-order valence-electron chi connectivity index (χ4n) is 1.55. The lowest BCUT2D eigenvalue weighted by atomic mass is 10.2. The zero-order valence-electron chi connectivity index (χ0n) is 10.3. The van der Waals surface area contributed by atoms with Crippen LogP contribution in [0.25, 0.3) is 0 Å². The maximum atomic E-state index is 11.8. The molecular formula is C12H15BrN4O. The highest BCUT2D eigenvalue weighted by Crippen LogP contribution is 2.16. The average molecular weight is 311 g/mol. The summed E-state index contributed by atoms with van der Waals surface area (Å²) in [6.07, 6.45) is 1.67. The van der Waals surface area contributed by atoms with Gasteiger partial charge in [0.1, 0.15) is 0 Å². The number of nitrogens with one attached hydrogen (secondary N) is 2. The van der Waals surface area contributed by atoms with Gasteiger partial charge in [0.15, 0.2) is 12.0 Å². The Balaban J connectivity index is 2.10. The molecule has 0 aromatic carbocycles. The first-order chi connectivity index (χ1) is 8.56. The Hall–Kier alpha value is -1.43. The number of hydrogen-bond donors (Lipinski definition) is 2. The van der Waals surface area contributed by atoms with Gasteiger partial charge >= 0.3 is 0 Å². The van der Waals surface area contributed by atoms with Crippen molar-refractivity contribution in [1.29, 1.82) is 0 Å². The number of rotatable bonds is 3. The van der Waals surface area contributed by atoms with Crippen LogP contribution in [0.1, 0.15) is 25.6 Å². The lowest BCUT2D eigenvalue weighted by molar-refractivity contribution is -0.120. The van der Waals surface area contributed by atoms with Crippen molar-refractivity contribution in [3.8, 4) is 0 Å². The fourth-order valence-corrected chi connectivity index (χ4v) is 1.79. The molecule has 1 saturated heterocycles. The standard InChI is InChI=1S/C12H15BrN4O/c1-7(2)5-15-12-16-10(11(18)17-12)9-4-3-8(13)6-14-9/h3-4,6-7,10H,5H2,1-2H3,(H2,15,16,17,18). The minimum absolute atomic E-state index is 0.118. The summed E-state index contributed by atoms with van der Waals surface area (Å²) in [5.74, 6) is 0.872. The highest BCUT2D eigenvalue weighted by atomic mass is 79.9. The molecule has 1 atom stereocenters. The van der Waals surface area contributed by atoms with Gasteiger partial charge < -0.3 is 5.32 Å². The predicted octanol–water partition coefficient (Wildman–Crippen LogP) is 1.62. The Kier molecular flexibility index (Phi) is 3.96. The second-order valence-electron chi connectivity index (χ2n) is 4.55. The SMILES string of the molecule is CC(C)CN=C1NC(=O)C(c2ccc(Br)cn2)N1. The molecule has 0 bridgehead atoms. The summed E-state index contributed by atoms with van der Waals surface area (Å²) in [6, 6.07) is 3.22. The summed E-state index contributed by atoms with van der Waals surface area (Å²) in [6.45, 7) is 4.84. The molecule has 1 aliphatic rings. The second kappa shape index (κ2) is 5.48. The number of aliphatic imine (C=N–C) groups is 1. The maximum absolute atomic E-state index is 11.8. The third kappa shape index (κ3) is 3.07. The number of pyridine rings is 1. The summed E-state index contributed by atoms with van der Waals surface area (Å²) in [5.41, 5.74) is 0.686. The molecule has 2 rings (SSSR count). The van der Waals surface area contributed by atoms with Crippen molar-refractivity contribution in [2.45, 2.75) is 19.9 Å². The Morgan fingerprint density at radius 2 is 2.28 bits per heavy atom. The first-order valence-electron chi connectivity index (χ1n) is 5.79. The average Bonchev–Trinajstić information content (AvgIpc) is 2.69. The lowest BCUT2D eigenvalue weighted by Gasteiger charge is -2.06. The van der Waals surface area contributed by atoms with E-state index in [0.29, 0.717) is 24.1 Å². The second-order valence-corrected chi connectivity index (χ2v) is 5.47. The minimum atomic E-state index is -0.455. The van der Waals surface area contributed by atoms with Gasteiger partial charge in [0.25, 0.3) is 5.91 Å². The lowest BCUT2D eigenvalue weighted by Crippen LogP contribution is -2.26. The number of halogens is 1. The highest BCUT2D eigenvalue weighted by Gasteiger charge is 2.30. The maximum Gasteiger partial charge on any atom is 0.255 e. The summed E-state index contributed by atoms with van der Waals surface area (Å²) in [4.78, 5) is 20.3. The summed E-state index contributed by atoms with van der Waals surface area (Å²) in [5, 5.41) is 5.76. The van der Waals surface area contributed by atoms with Gasteiger partial charge in [0, 0.05) is 17.2 Å². The van der Waals surface area contributed by atoms with Crippen LogP contribution in [-0.2, 0) is 4.79 Å². The molecule has 0 radical (unpaired) electrons. The van der Waals surface area contributed by atoms with Gasteiger partial charge in [-0.2, -0.15) is 0 Å². The van der Waals surface area contributed by atoms with Crippen LogP contribution in [0.2, 0.25) is 0 Å². The van der Waals surface area contributed by atoms with Crippen molar-refractivity contribution in [3.05, 3.63) is 28.5 Å². The third-order valence-electron chi connectivity index (χ3n) is 2.45. The number of carbonyl (C=O) groups is 1. The van der Waals surface area contributed by atoms with E-state index in [1.54, 1.807) is 6.20 Å². The van der Waals surface area contributed by atoms with Gasteiger partial charge in [-0.1, -0.05) is 13.8 Å². The van der Waals surface area contributed by atoms with Crippen molar-refractivity contribution in [1.82, 2.24) is 15.6 Å². The zero-order chi connectivity index (χ0) is 13.1. The molecule has 0 spiro atoms. The topological polar surface area (TPSA) is 66.4 Å². The fraction of sp³-hybridized carbons (Fsp3) is 0.417. The first kappa shape index (κ1) is 13.0. The van der Waals surface area contributed by atoms with Crippen molar-refractivity contribution < 1.29 is 4.79 Å². The number of amides is 1. The van der Waals surface area contributed by atoms with Gasteiger partial charge in [-0.05, 0) is 34.0 Å². The van der Waals surface area contributed by atoms with Crippen LogP contribution >= 0.6 is 15.9 Å². The molecule has 1 amide bonds. The van der Waals surface area contributed by atoms with Crippen LogP contribution in [0.3, 0.4) is 0 Å². The molecule has 1 fully saturated rings. The Morgan fingerprint density at radius 1 is 1.50 bits per heavy atom. The number of guanidine groups is 1. The summed E-state index contributed by atoms with van der Waals surface area (Å²) >= 11 is 3.31. The quantitative estimate of drug-likeness (QED) is 0.891. The summed E-state index contributed by atoms with van der Waals surface area (Å²) in [7, 11) is 0. The molecule has 5 nitrogen and oxygen atoms in total. The smallest absolute Gasteiger partial charge is 0.255 e. The Morgan fingerprint density at radius 3 is 2.89 bits per heavy atom. The molecule has 1 aromatic heterocycles. The van der Waals surface area contributed by atoms with Crippen LogP contribution in [0.4, 0.5) is 0 Å². The molecule has 1 unspecified atom stereocenters. The van der Waals surface area contributed by atoms with E-state index in [1.807, 2.05) is 12.1 Å². The van der Waals surface area contributed by atoms with Gasteiger partial charge in [-0.15, -0.1) is 0 Å². The van der Waals surface area contributed by atoms with E-state index in [-0.39, 0.29) is 5.91 Å². The predicted molar refractivity (Wildman–Crippen MR) is 73.1 cm³/mol. The van der Waals surface area contributed by atoms with E-state index in [1.165, 1.54) is 0 Å². The van der Waals surface area contributed by atoms with Gasteiger partial charge in [-0.25, -0.2) is 0 Å². The third-order valence-corrected chi connectivity index (χ3v) is 2.91. The Bertz CT molecular complexity index is 469. The molecule has 6 heteroatoms. The van der Waals surface area contributed by atoms with Crippen LogP contribution in [0.15, 0.2) is 27.8 Å². The molecule has 18 heavy (non-hydrogen) atoms. The van der Waals surface area contributed by atoms with E-state index in [0.717, 1.165) is 4.47 Å². The van der Waals surface area contributed by atoms with Crippen molar-refractivity contribution >= 4 is 27.8 Å². The Labute approximate surface area is 114 Å². The van der Waals surface area contributed by atoms with Crippen molar-refractivity contribution in [2.24, 2.45) is 10.9 Å².